The van der Waals surface area contributed by atoms with Crippen LogP contribution in [-0.2, 0) is 0 Å². The third-order valence-corrected chi connectivity index (χ3v) is 5.78. The minimum Gasteiger partial charge on any atom is -0.346 e. The first kappa shape index (κ1) is 13.9. The van der Waals surface area contributed by atoms with Crippen molar-refractivity contribution >= 4 is 17.2 Å². The molecule has 3 aliphatic heterocycles. The highest BCUT2D eigenvalue weighted by atomic mass is 32.1. The van der Waals surface area contributed by atoms with Crippen LogP contribution < -0.4 is 5.32 Å². The molecule has 2 aromatic rings. The van der Waals surface area contributed by atoms with Gasteiger partial charge in [0.2, 0.25) is 0 Å². The summed E-state index contributed by atoms with van der Waals surface area (Å²) >= 11 is 1.47. The van der Waals surface area contributed by atoms with E-state index in [9.17, 15) is 4.79 Å². The third-order valence-electron chi connectivity index (χ3n) is 4.73. The number of benzene rings is 1. The molecule has 1 N–H and O–H groups in total. The Balaban J connectivity index is 1.46. The van der Waals surface area contributed by atoms with E-state index in [2.05, 4.69) is 15.2 Å². The molecule has 1 atom stereocenters. The highest BCUT2D eigenvalue weighted by Gasteiger charge is 2.35. The van der Waals surface area contributed by atoms with Crippen molar-refractivity contribution in [2.24, 2.45) is 5.92 Å². The van der Waals surface area contributed by atoms with Gasteiger partial charge in [-0.05, 0) is 37.4 Å². The molecule has 0 radical (unpaired) electrons. The van der Waals surface area contributed by atoms with Crippen LogP contribution in [0.2, 0.25) is 0 Å². The van der Waals surface area contributed by atoms with Crippen LogP contribution in [0.1, 0.15) is 22.6 Å². The van der Waals surface area contributed by atoms with Gasteiger partial charge in [0, 0.05) is 18.8 Å². The van der Waals surface area contributed by atoms with E-state index in [1.807, 2.05) is 30.3 Å². The normalized spacial score (nSPS) is 26.8. The number of amides is 1. The molecule has 5 heteroatoms. The predicted molar refractivity (Wildman–Crippen MR) is 88.0 cm³/mol. The molecule has 1 amide bonds. The number of fused-ring (bicyclic) bond motifs is 3. The van der Waals surface area contributed by atoms with Gasteiger partial charge >= 0.3 is 0 Å². The van der Waals surface area contributed by atoms with Gasteiger partial charge in [0.05, 0.1) is 4.88 Å². The SMILES string of the molecule is O=C(NC1CN2CCC1CC2)c1ncc(-c2ccccc2)s1. The van der Waals surface area contributed by atoms with Crippen molar-refractivity contribution in [3.8, 4) is 10.4 Å². The standard InChI is InChI=1S/C17H19N3OS/c21-16(19-14-11-20-8-6-12(14)7-9-20)17-18-10-15(22-17)13-4-2-1-3-5-13/h1-5,10,12,14H,6-9,11H2,(H,19,21). The minimum absolute atomic E-state index is 0.0223. The number of piperidine rings is 3. The van der Waals surface area contributed by atoms with Crippen LogP contribution in [0.4, 0.5) is 0 Å². The fraction of sp³-hybridized carbons (Fsp3) is 0.412. The summed E-state index contributed by atoms with van der Waals surface area (Å²) < 4.78 is 0. The average molecular weight is 313 g/mol. The maximum absolute atomic E-state index is 12.5. The van der Waals surface area contributed by atoms with Gasteiger partial charge in [-0.3, -0.25) is 4.79 Å². The molecule has 0 saturated carbocycles. The Morgan fingerprint density at radius 2 is 2.00 bits per heavy atom. The molecular weight excluding hydrogens is 294 g/mol. The van der Waals surface area contributed by atoms with E-state index in [0.29, 0.717) is 17.0 Å². The molecular formula is C17H19N3OS. The topological polar surface area (TPSA) is 45.2 Å². The van der Waals surface area contributed by atoms with E-state index >= 15 is 0 Å². The molecule has 114 valence electrons. The Hall–Kier alpha value is -1.72. The zero-order chi connectivity index (χ0) is 14.9. The molecule has 3 fully saturated rings. The van der Waals surface area contributed by atoms with E-state index in [0.717, 1.165) is 17.0 Å². The summed E-state index contributed by atoms with van der Waals surface area (Å²) in [5, 5.41) is 3.76. The molecule has 2 bridgehead atoms. The summed E-state index contributed by atoms with van der Waals surface area (Å²) in [4.78, 5) is 20.3. The van der Waals surface area contributed by atoms with Gasteiger partial charge in [-0.2, -0.15) is 0 Å². The number of nitrogens with zero attached hydrogens (tertiary/aromatic N) is 2. The highest BCUT2D eigenvalue weighted by molar-refractivity contribution is 7.16. The van der Waals surface area contributed by atoms with Gasteiger partial charge in [0.15, 0.2) is 5.01 Å². The van der Waals surface area contributed by atoms with Crippen LogP contribution in [-0.4, -0.2) is 41.5 Å². The Kier molecular flexibility index (Phi) is 3.68. The molecule has 4 heterocycles. The Labute approximate surface area is 134 Å². The number of hydrogen-bond donors (Lipinski definition) is 1. The zero-order valence-electron chi connectivity index (χ0n) is 12.4. The van der Waals surface area contributed by atoms with Gasteiger partial charge in [0.25, 0.3) is 5.91 Å². The van der Waals surface area contributed by atoms with E-state index in [1.54, 1.807) is 6.20 Å². The predicted octanol–water partition coefficient (Wildman–Crippen LogP) is 2.63. The van der Waals surface area contributed by atoms with E-state index in [1.165, 1.54) is 37.3 Å². The van der Waals surface area contributed by atoms with Crippen LogP contribution in [0.3, 0.4) is 0 Å². The molecule has 1 unspecified atom stereocenters. The summed E-state index contributed by atoms with van der Waals surface area (Å²) in [5.74, 6) is 0.619. The second-order valence-corrected chi connectivity index (χ2v) is 7.14. The van der Waals surface area contributed by atoms with Gasteiger partial charge in [-0.1, -0.05) is 30.3 Å². The largest absolute Gasteiger partial charge is 0.346 e. The van der Waals surface area contributed by atoms with Gasteiger partial charge in [-0.25, -0.2) is 4.98 Å². The second-order valence-electron chi connectivity index (χ2n) is 6.11. The number of rotatable bonds is 3. The van der Waals surface area contributed by atoms with Crippen molar-refractivity contribution in [3.63, 3.8) is 0 Å². The lowest BCUT2D eigenvalue weighted by molar-refractivity contribution is 0.0620. The summed E-state index contributed by atoms with van der Waals surface area (Å²) in [5.41, 5.74) is 1.11. The maximum Gasteiger partial charge on any atom is 0.280 e. The number of carbonyl (C=O) groups excluding carboxylic acids is 1. The lowest BCUT2D eigenvalue weighted by atomic mass is 9.84. The van der Waals surface area contributed by atoms with Crippen LogP contribution in [0.15, 0.2) is 36.5 Å². The fourth-order valence-corrected chi connectivity index (χ4v) is 4.30. The molecule has 4 nitrogen and oxygen atoms in total. The molecule has 1 aromatic heterocycles. The molecule has 5 rings (SSSR count). The summed E-state index contributed by atoms with van der Waals surface area (Å²) in [7, 11) is 0. The Morgan fingerprint density at radius 1 is 1.23 bits per heavy atom. The van der Waals surface area contributed by atoms with Gasteiger partial charge in [-0.15, -0.1) is 11.3 Å². The highest BCUT2D eigenvalue weighted by Crippen LogP contribution is 2.29. The molecule has 0 aliphatic carbocycles. The first-order valence-electron chi connectivity index (χ1n) is 7.84. The van der Waals surface area contributed by atoms with E-state index < -0.39 is 0 Å². The first-order chi connectivity index (χ1) is 10.8. The Morgan fingerprint density at radius 3 is 2.68 bits per heavy atom. The van der Waals surface area contributed by atoms with Crippen LogP contribution in [0, 0.1) is 5.92 Å². The lowest BCUT2D eigenvalue weighted by Crippen LogP contribution is -2.57. The smallest absolute Gasteiger partial charge is 0.280 e. The summed E-state index contributed by atoms with van der Waals surface area (Å²) in [6.45, 7) is 3.37. The quantitative estimate of drug-likeness (QED) is 0.947. The monoisotopic (exact) mass is 313 g/mol. The zero-order valence-corrected chi connectivity index (χ0v) is 13.2. The molecule has 1 aromatic carbocycles. The maximum atomic E-state index is 12.5. The number of carbonyl (C=O) groups is 1. The summed E-state index contributed by atoms with van der Waals surface area (Å²) in [6, 6.07) is 10.4. The molecule has 0 spiro atoms. The number of aromatic nitrogens is 1. The van der Waals surface area contributed by atoms with E-state index in [4.69, 9.17) is 0 Å². The van der Waals surface area contributed by atoms with Crippen molar-refractivity contribution < 1.29 is 4.79 Å². The van der Waals surface area contributed by atoms with Gasteiger partial charge in [0.1, 0.15) is 0 Å². The molecule has 3 aliphatic rings. The number of thiazole rings is 1. The van der Waals surface area contributed by atoms with Crippen molar-refractivity contribution in [3.05, 3.63) is 41.5 Å². The molecule has 22 heavy (non-hydrogen) atoms. The molecule has 3 saturated heterocycles. The number of hydrogen-bond acceptors (Lipinski definition) is 4. The minimum atomic E-state index is -0.0223. The van der Waals surface area contributed by atoms with Crippen molar-refractivity contribution in [1.82, 2.24) is 15.2 Å². The number of nitrogens with one attached hydrogen (secondary N) is 1. The average Bonchev–Trinajstić information content (AvgIpc) is 3.07. The van der Waals surface area contributed by atoms with Crippen LogP contribution >= 0.6 is 11.3 Å². The lowest BCUT2D eigenvalue weighted by Gasteiger charge is -2.44. The summed E-state index contributed by atoms with van der Waals surface area (Å²) in [6.07, 6.45) is 4.21. The van der Waals surface area contributed by atoms with E-state index in [-0.39, 0.29) is 5.91 Å². The van der Waals surface area contributed by atoms with Gasteiger partial charge < -0.3 is 10.2 Å². The van der Waals surface area contributed by atoms with Crippen molar-refractivity contribution in [1.29, 1.82) is 0 Å². The van der Waals surface area contributed by atoms with Crippen LogP contribution in [0.25, 0.3) is 10.4 Å². The Bertz CT molecular complexity index is 662. The van der Waals surface area contributed by atoms with Crippen molar-refractivity contribution in [2.45, 2.75) is 18.9 Å². The fourth-order valence-electron chi connectivity index (χ4n) is 3.47. The second kappa shape index (κ2) is 5.82. The van der Waals surface area contributed by atoms with Crippen molar-refractivity contribution in [2.75, 3.05) is 19.6 Å². The first-order valence-corrected chi connectivity index (χ1v) is 8.66. The third kappa shape index (κ3) is 2.66. The van der Waals surface area contributed by atoms with Crippen LogP contribution in [0.5, 0.6) is 0 Å².